The Kier molecular flexibility index (Phi) is 6.15. The van der Waals surface area contributed by atoms with E-state index in [1.165, 1.54) is 16.4 Å². The SMILES string of the molecule is CCN(c1ccccc1)S(=O)(=O)c1ccc(N2CCO[C@@H]3CCCC[C@@H]32)c([N+](=O)[O-])c1. The van der Waals surface area contributed by atoms with Crippen molar-refractivity contribution in [3.05, 3.63) is 58.6 Å². The van der Waals surface area contributed by atoms with Crippen LogP contribution < -0.4 is 9.21 Å². The summed E-state index contributed by atoms with van der Waals surface area (Å²) in [7, 11) is -3.95. The highest BCUT2D eigenvalue weighted by Gasteiger charge is 2.37. The van der Waals surface area contributed by atoms with Crippen LogP contribution in [0, 0.1) is 10.1 Å². The zero-order chi connectivity index (χ0) is 22.0. The van der Waals surface area contributed by atoms with E-state index < -0.39 is 14.9 Å². The molecular weight excluding hydrogens is 418 g/mol. The molecule has 166 valence electrons. The molecule has 2 fully saturated rings. The molecule has 0 radical (unpaired) electrons. The molecule has 2 aromatic rings. The van der Waals surface area contributed by atoms with Gasteiger partial charge in [-0.1, -0.05) is 31.0 Å². The van der Waals surface area contributed by atoms with Crippen LogP contribution in [0.4, 0.5) is 17.1 Å². The Labute approximate surface area is 182 Å². The second-order valence-corrected chi connectivity index (χ2v) is 9.73. The normalized spacial score (nSPS) is 21.4. The van der Waals surface area contributed by atoms with Gasteiger partial charge in [-0.05, 0) is 44.0 Å². The molecule has 1 saturated heterocycles. The molecule has 0 amide bonds. The van der Waals surface area contributed by atoms with Gasteiger partial charge in [-0.2, -0.15) is 0 Å². The number of nitro groups is 1. The first-order valence-corrected chi connectivity index (χ1v) is 12.1. The van der Waals surface area contributed by atoms with Crippen LogP contribution in [0.1, 0.15) is 32.6 Å². The molecule has 9 heteroatoms. The predicted octanol–water partition coefficient (Wildman–Crippen LogP) is 3.96. The van der Waals surface area contributed by atoms with Gasteiger partial charge >= 0.3 is 0 Å². The molecule has 8 nitrogen and oxygen atoms in total. The molecule has 31 heavy (non-hydrogen) atoms. The zero-order valence-corrected chi connectivity index (χ0v) is 18.3. The largest absolute Gasteiger partial charge is 0.374 e. The highest BCUT2D eigenvalue weighted by atomic mass is 32.2. The molecule has 1 heterocycles. The quantitative estimate of drug-likeness (QED) is 0.494. The monoisotopic (exact) mass is 445 g/mol. The first-order valence-electron chi connectivity index (χ1n) is 10.7. The molecule has 2 atom stereocenters. The van der Waals surface area contributed by atoms with Crippen molar-refractivity contribution in [2.45, 2.75) is 49.6 Å². The summed E-state index contributed by atoms with van der Waals surface area (Å²) in [6.07, 6.45) is 4.09. The highest BCUT2D eigenvalue weighted by Crippen LogP contribution is 2.38. The summed E-state index contributed by atoms with van der Waals surface area (Å²) in [6, 6.07) is 13.1. The Hall–Kier alpha value is -2.65. The van der Waals surface area contributed by atoms with Gasteiger partial charge in [0, 0.05) is 19.2 Å². The minimum Gasteiger partial charge on any atom is -0.374 e. The maximum absolute atomic E-state index is 13.3. The fourth-order valence-corrected chi connectivity index (χ4v) is 6.16. The van der Waals surface area contributed by atoms with E-state index in [4.69, 9.17) is 4.74 Å². The number of nitrogens with zero attached hydrogens (tertiary/aromatic N) is 3. The first-order chi connectivity index (χ1) is 14.9. The molecule has 1 aliphatic heterocycles. The number of benzene rings is 2. The molecule has 2 aliphatic rings. The summed E-state index contributed by atoms with van der Waals surface area (Å²) in [5, 5.41) is 12.0. The van der Waals surface area contributed by atoms with Crippen molar-refractivity contribution < 1.29 is 18.1 Å². The predicted molar refractivity (Wildman–Crippen MR) is 119 cm³/mol. The average Bonchev–Trinajstić information content (AvgIpc) is 2.79. The van der Waals surface area contributed by atoms with Crippen LogP contribution in [0.3, 0.4) is 0 Å². The Morgan fingerprint density at radius 3 is 2.61 bits per heavy atom. The third kappa shape index (κ3) is 4.12. The average molecular weight is 446 g/mol. The van der Waals surface area contributed by atoms with E-state index >= 15 is 0 Å². The van der Waals surface area contributed by atoms with E-state index in [2.05, 4.69) is 0 Å². The summed E-state index contributed by atoms with van der Waals surface area (Å²) in [5.74, 6) is 0. The van der Waals surface area contributed by atoms with Crippen LogP contribution in [0.2, 0.25) is 0 Å². The fourth-order valence-electron chi connectivity index (χ4n) is 4.66. The maximum Gasteiger partial charge on any atom is 0.293 e. The van der Waals surface area contributed by atoms with E-state index in [1.807, 2.05) is 11.0 Å². The summed E-state index contributed by atoms with van der Waals surface area (Å²) in [6.45, 7) is 3.02. The van der Waals surface area contributed by atoms with Crippen molar-refractivity contribution in [2.24, 2.45) is 0 Å². The molecule has 1 aliphatic carbocycles. The summed E-state index contributed by atoms with van der Waals surface area (Å²) < 4.78 is 33.8. The van der Waals surface area contributed by atoms with Gasteiger partial charge in [0.15, 0.2) is 0 Å². The Bertz CT molecular complexity index is 1040. The number of rotatable bonds is 6. The number of ether oxygens (including phenoxy) is 1. The van der Waals surface area contributed by atoms with Crippen molar-refractivity contribution in [3.63, 3.8) is 0 Å². The van der Waals surface area contributed by atoms with Gasteiger partial charge in [-0.3, -0.25) is 14.4 Å². The van der Waals surface area contributed by atoms with Crippen molar-refractivity contribution in [1.82, 2.24) is 0 Å². The van der Waals surface area contributed by atoms with Crippen LogP contribution in [-0.2, 0) is 14.8 Å². The smallest absolute Gasteiger partial charge is 0.293 e. The molecular formula is C22H27N3O5S. The number of anilines is 2. The van der Waals surface area contributed by atoms with Gasteiger partial charge in [0.25, 0.3) is 15.7 Å². The molecule has 2 aromatic carbocycles. The van der Waals surface area contributed by atoms with Crippen LogP contribution in [0.15, 0.2) is 53.4 Å². The van der Waals surface area contributed by atoms with Crippen LogP contribution in [-0.4, -0.2) is 45.2 Å². The van der Waals surface area contributed by atoms with Crippen molar-refractivity contribution in [1.29, 1.82) is 0 Å². The number of sulfonamides is 1. The van der Waals surface area contributed by atoms with Gasteiger partial charge in [0.2, 0.25) is 0 Å². The van der Waals surface area contributed by atoms with Gasteiger partial charge < -0.3 is 9.64 Å². The standard InChI is InChI=1S/C22H27N3O5S/c1-2-24(17-8-4-3-5-9-17)31(28,29)18-12-13-19(21(16-18)25(26)27)23-14-15-30-22-11-7-6-10-20(22)23/h3-5,8-9,12-13,16,20,22H,2,6-7,10-11,14-15H2,1H3/t20-,22+/m0/s1. The molecule has 1 saturated carbocycles. The molecule has 0 spiro atoms. The summed E-state index contributed by atoms with van der Waals surface area (Å²) >= 11 is 0. The second kappa shape index (κ2) is 8.84. The lowest BCUT2D eigenvalue weighted by molar-refractivity contribution is -0.384. The Morgan fingerprint density at radius 2 is 1.90 bits per heavy atom. The summed E-state index contributed by atoms with van der Waals surface area (Å²) in [5.41, 5.74) is 0.804. The Morgan fingerprint density at radius 1 is 1.16 bits per heavy atom. The minimum atomic E-state index is -3.95. The molecule has 0 unspecified atom stereocenters. The molecule has 0 N–H and O–H groups in total. The van der Waals surface area contributed by atoms with Gasteiger partial charge in [0.1, 0.15) is 5.69 Å². The first kappa shape index (κ1) is 21.6. The zero-order valence-electron chi connectivity index (χ0n) is 17.5. The van der Waals surface area contributed by atoms with E-state index in [0.717, 1.165) is 25.7 Å². The molecule has 0 aromatic heterocycles. The Balaban J connectivity index is 1.73. The maximum atomic E-state index is 13.3. The van der Waals surface area contributed by atoms with Gasteiger partial charge in [-0.25, -0.2) is 8.42 Å². The number of para-hydroxylation sites is 1. The highest BCUT2D eigenvalue weighted by molar-refractivity contribution is 7.92. The van der Waals surface area contributed by atoms with E-state index in [0.29, 0.717) is 24.5 Å². The topological polar surface area (TPSA) is 93.0 Å². The molecule has 4 rings (SSSR count). The number of nitro benzene ring substituents is 1. The third-order valence-electron chi connectivity index (χ3n) is 6.10. The number of morpholine rings is 1. The van der Waals surface area contributed by atoms with Crippen LogP contribution in [0.25, 0.3) is 0 Å². The minimum absolute atomic E-state index is 0.0687. The molecule has 0 bridgehead atoms. The van der Waals surface area contributed by atoms with Crippen molar-refractivity contribution in [2.75, 3.05) is 28.9 Å². The van der Waals surface area contributed by atoms with E-state index in [9.17, 15) is 18.5 Å². The fraction of sp³-hybridized carbons (Fsp3) is 0.455. The van der Waals surface area contributed by atoms with Gasteiger partial charge in [-0.15, -0.1) is 0 Å². The number of fused-ring (bicyclic) bond motifs is 1. The van der Waals surface area contributed by atoms with Crippen LogP contribution in [0.5, 0.6) is 0 Å². The lowest BCUT2D eigenvalue weighted by atomic mass is 9.89. The third-order valence-corrected chi connectivity index (χ3v) is 8.00. The van der Waals surface area contributed by atoms with Crippen molar-refractivity contribution in [3.8, 4) is 0 Å². The summed E-state index contributed by atoms with van der Waals surface area (Å²) in [4.78, 5) is 13.4. The van der Waals surface area contributed by atoms with Crippen LogP contribution >= 0.6 is 0 Å². The van der Waals surface area contributed by atoms with Crippen molar-refractivity contribution >= 4 is 27.1 Å². The van der Waals surface area contributed by atoms with Gasteiger partial charge in [0.05, 0.1) is 34.3 Å². The lowest BCUT2D eigenvalue weighted by Gasteiger charge is -2.44. The number of hydrogen-bond donors (Lipinski definition) is 0. The van der Waals surface area contributed by atoms with E-state index in [1.54, 1.807) is 37.3 Å². The lowest BCUT2D eigenvalue weighted by Crippen LogP contribution is -2.53. The second-order valence-electron chi connectivity index (χ2n) is 7.87. The number of hydrogen-bond acceptors (Lipinski definition) is 6. The van der Waals surface area contributed by atoms with E-state index in [-0.39, 0.29) is 29.3 Å².